The molecule has 2 aromatic rings. The summed E-state index contributed by atoms with van der Waals surface area (Å²) >= 11 is 0. The first-order chi connectivity index (χ1) is 13.1. The number of amides is 1. The van der Waals surface area contributed by atoms with Crippen molar-refractivity contribution in [2.24, 2.45) is 10.9 Å². The lowest BCUT2D eigenvalue weighted by Gasteiger charge is -2.20. The van der Waals surface area contributed by atoms with Gasteiger partial charge >= 0.3 is 0 Å². The maximum Gasteiger partial charge on any atom is 0.225 e. The molecule has 2 heterocycles. The van der Waals surface area contributed by atoms with E-state index in [0.29, 0.717) is 6.54 Å². The number of carbonyl (C=O) groups excluding carboxylic acids is 1. The van der Waals surface area contributed by atoms with Gasteiger partial charge in [-0.2, -0.15) is 5.10 Å². The van der Waals surface area contributed by atoms with Gasteiger partial charge in [0.15, 0.2) is 11.8 Å². The predicted octanol–water partition coefficient (Wildman–Crippen LogP) is 1.39. The molecule has 1 fully saturated rings. The van der Waals surface area contributed by atoms with E-state index in [0.717, 1.165) is 42.4 Å². The molecular formula is C19H27N7O. The number of aliphatic imine (C=N–C) groups is 1. The molecule has 0 radical (unpaired) electrons. The van der Waals surface area contributed by atoms with E-state index in [2.05, 4.69) is 42.9 Å². The lowest BCUT2D eigenvalue weighted by Crippen LogP contribution is -2.45. The number of rotatable bonds is 5. The molecule has 1 aliphatic rings. The highest BCUT2D eigenvalue weighted by Crippen LogP contribution is 2.15. The highest BCUT2D eigenvalue weighted by molar-refractivity contribution is 5.81. The molecule has 0 bridgehead atoms. The third-order valence-electron chi connectivity index (χ3n) is 4.63. The van der Waals surface area contributed by atoms with E-state index in [9.17, 15) is 4.79 Å². The van der Waals surface area contributed by atoms with E-state index in [4.69, 9.17) is 0 Å². The molecule has 0 spiro atoms. The normalized spacial score (nSPS) is 17.4. The van der Waals surface area contributed by atoms with Crippen LogP contribution in [0.1, 0.15) is 25.8 Å². The van der Waals surface area contributed by atoms with E-state index in [1.54, 1.807) is 7.05 Å². The number of likely N-dealkylation sites (tertiary alicyclic amines) is 1. The molecular weight excluding hydrogens is 342 g/mol. The number of nitrogens with one attached hydrogen (secondary N) is 3. The fraction of sp³-hybridized carbons (Fsp3) is 0.474. The molecule has 1 saturated heterocycles. The molecule has 8 heteroatoms. The van der Waals surface area contributed by atoms with Gasteiger partial charge in [0, 0.05) is 44.2 Å². The van der Waals surface area contributed by atoms with Crippen LogP contribution >= 0.6 is 0 Å². The predicted molar refractivity (Wildman–Crippen MR) is 105 cm³/mol. The molecule has 1 amide bonds. The summed E-state index contributed by atoms with van der Waals surface area (Å²) in [6, 6.07) is 8.34. The van der Waals surface area contributed by atoms with Crippen LogP contribution in [0.25, 0.3) is 11.4 Å². The zero-order chi connectivity index (χ0) is 19.2. The monoisotopic (exact) mass is 369 g/mol. The second kappa shape index (κ2) is 8.66. The summed E-state index contributed by atoms with van der Waals surface area (Å²) in [6.45, 7) is 6.04. The summed E-state index contributed by atoms with van der Waals surface area (Å²) in [5.74, 6) is 1.74. The lowest BCUT2D eigenvalue weighted by atomic mass is 10.1. The second-order valence-electron chi connectivity index (χ2n) is 7.03. The molecule has 1 aromatic heterocycles. The minimum atomic E-state index is 0.0397. The van der Waals surface area contributed by atoms with Crippen LogP contribution in [0.2, 0.25) is 0 Å². The largest absolute Gasteiger partial charge is 0.352 e. The molecule has 8 nitrogen and oxygen atoms in total. The number of benzene rings is 1. The average molecular weight is 369 g/mol. The Morgan fingerprint density at radius 2 is 2.30 bits per heavy atom. The number of nitrogens with zero attached hydrogens (tertiary/aromatic N) is 4. The van der Waals surface area contributed by atoms with E-state index >= 15 is 0 Å². The summed E-state index contributed by atoms with van der Waals surface area (Å²) in [6.07, 6.45) is 2.43. The summed E-state index contributed by atoms with van der Waals surface area (Å²) < 4.78 is 0. The van der Waals surface area contributed by atoms with Crippen molar-refractivity contribution >= 4 is 11.9 Å². The van der Waals surface area contributed by atoms with E-state index < -0.39 is 0 Å². The summed E-state index contributed by atoms with van der Waals surface area (Å²) in [5.41, 5.74) is 2.11. The fourth-order valence-corrected chi connectivity index (χ4v) is 3.19. The minimum absolute atomic E-state index is 0.0397. The van der Waals surface area contributed by atoms with Crippen LogP contribution in [0.15, 0.2) is 35.6 Å². The van der Waals surface area contributed by atoms with Gasteiger partial charge in [0.25, 0.3) is 0 Å². The Bertz CT molecular complexity index is 785. The van der Waals surface area contributed by atoms with E-state index in [1.165, 1.54) is 6.33 Å². The SMILES string of the molecule is CN=C(NCc1cccc(-c2ncn[nH]2)c1)NC1CCN(C(=O)C(C)C)C1. The van der Waals surface area contributed by atoms with Crippen LogP contribution in [0.3, 0.4) is 0 Å². The molecule has 3 rings (SSSR count). The molecule has 0 aliphatic carbocycles. The smallest absolute Gasteiger partial charge is 0.225 e. The highest BCUT2D eigenvalue weighted by Gasteiger charge is 2.27. The van der Waals surface area contributed by atoms with Crippen molar-refractivity contribution in [1.29, 1.82) is 0 Å². The van der Waals surface area contributed by atoms with Crippen molar-refractivity contribution in [3.8, 4) is 11.4 Å². The number of H-pyrrole nitrogens is 1. The van der Waals surface area contributed by atoms with Crippen molar-refractivity contribution in [2.75, 3.05) is 20.1 Å². The molecule has 1 aromatic carbocycles. The number of hydrogen-bond donors (Lipinski definition) is 3. The van der Waals surface area contributed by atoms with Gasteiger partial charge in [-0.25, -0.2) is 4.98 Å². The van der Waals surface area contributed by atoms with Gasteiger partial charge < -0.3 is 15.5 Å². The van der Waals surface area contributed by atoms with Crippen LogP contribution in [-0.2, 0) is 11.3 Å². The van der Waals surface area contributed by atoms with Crippen LogP contribution in [0.4, 0.5) is 0 Å². The van der Waals surface area contributed by atoms with Crippen LogP contribution in [0, 0.1) is 5.92 Å². The summed E-state index contributed by atoms with van der Waals surface area (Å²) in [4.78, 5) is 22.5. The zero-order valence-corrected chi connectivity index (χ0v) is 16.1. The number of aromatic amines is 1. The number of carbonyl (C=O) groups is 1. The van der Waals surface area contributed by atoms with Crippen molar-refractivity contribution in [3.05, 3.63) is 36.2 Å². The Morgan fingerprint density at radius 3 is 3.00 bits per heavy atom. The van der Waals surface area contributed by atoms with Gasteiger partial charge in [-0.05, 0) is 18.1 Å². The first-order valence-corrected chi connectivity index (χ1v) is 9.27. The van der Waals surface area contributed by atoms with Crippen LogP contribution in [-0.4, -0.2) is 58.1 Å². The second-order valence-corrected chi connectivity index (χ2v) is 7.03. The Hall–Kier alpha value is -2.90. The molecule has 1 aliphatic heterocycles. The highest BCUT2D eigenvalue weighted by atomic mass is 16.2. The Balaban J connectivity index is 1.53. The van der Waals surface area contributed by atoms with Gasteiger partial charge in [0.1, 0.15) is 6.33 Å². The maximum atomic E-state index is 12.1. The molecule has 1 unspecified atom stereocenters. The maximum absolute atomic E-state index is 12.1. The zero-order valence-electron chi connectivity index (χ0n) is 16.1. The van der Waals surface area contributed by atoms with Crippen molar-refractivity contribution in [3.63, 3.8) is 0 Å². The van der Waals surface area contributed by atoms with Crippen molar-refractivity contribution in [1.82, 2.24) is 30.7 Å². The van der Waals surface area contributed by atoms with Gasteiger partial charge in [-0.3, -0.25) is 14.9 Å². The minimum Gasteiger partial charge on any atom is -0.352 e. The molecule has 3 N–H and O–H groups in total. The van der Waals surface area contributed by atoms with Crippen LogP contribution in [0.5, 0.6) is 0 Å². The quantitative estimate of drug-likeness (QED) is 0.547. The summed E-state index contributed by atoms with van der Waals surface area (Å²) in [5, 5.41) is 13.5. The van der Waals surface area contributed by atoms with E-state index in [-0.39, 0.29) is 17.9 Å². The van der Waals surface area contributed by atoms with Gasteiger partial charge in [0.05, 0.1) is 0 Å². The molecule has 1 atom stereocenters. The first-order valence-electron chi connectivity index (χ1n) is 9.27. The Labute approximate surface area is 159 Å². The number of guanidine groups is 1. The van der Waals surface area contributed by atoms with Gasteiger partial charge in [0.2, 0.25) is 5.91 Å². The Morgan fingerprint density at radius 1 is 1.44 bits per heavy atom. The molecule has 27 heavy (non-hydrogen) atoms. The third-order valence-corrected chi connectivity index (χ3v) is 4.63. The van der Waals surface area contributed by atoms with Crippen molar-refractivity contribution in [2.45, 2.75) is 32.9 Å². The first kappa shape index (κ1) is 18.9. The third kappa shape index (κ3) is 4.84. The Kier molecular flexibility index (Phi) is 6.05. The fourth-order valence-electron chi connectivity index (χ4n) is 3.19. The number of hydrogen-bond acceptors (Lipinski definition) is 4. The lowest BCUT2D eigenvalue weighted by molar-refractivity contribution is -0.133. The molecule has 144 valence electrons. The summed E-state index contributed by atoms with van der Waals surface area (Å²) in [7, 11) is 1.76. The topological polar surface area (TPSA) is 98.3 Å². The van der Waals surface area contributed by atoms with Crippen molar-refractivity contribution < 1.29 is 4.79 Å². The van der Waals surface area contributed by atoms with Gasteiger partial charge in [-0.1, -0.05) is 32.0 Å². The molecule has 0 saturated carbocycles. The van der Waals surface area contributed by atoms with Crippen LogP contribution < -0.4 is 10.6 Å². The van der Waals surface area contributed by atoms with E-state index in [1.807, 2.05) is 30.9 Å². The standard InChI is InChI=1S/C19H27N7O/c1-13(2)18(27)26-8-7-16(11-26)24-19(20-3)21-10-14-5-4-6-15(9-14)17-22-12-23-25-17/h4-6,9,12-13,16H,7-8,10-11H2,1-3H3,(H2,20,21,24)(H,22,23,25). The van der Waals surface area contributed by atoms with Gasteiger partial charge in [-0.15, -0.1) is 0 Å². The average Bonchev–Trinajstić information content (AvgIpc) is 3.36. The number of aromatic nitrogens is 3.